The molecule has 0 aliphatic heterocycles. The molecule has 0 bridgehead atoms. The third-order valence-corrected chi connectivity index (χ3v) is 4.90. The minimum absolute atomic E-state index is 0.225. The summed E-state index contributed by atoms with van der Waals surface area (Å²) in [5, 5.41) is 2.89. The van der Waals surface area contributed by atoms with Crippen LogP contribution in [0.25, 0.3) is 11.0 Å². The first-order valence-corrected chi connectivity index (χ1v) is 10.1. The summed E-state index contributed by atoms with van der Waals surface area (Å²) in [5.74, 6) is 2.42. The second kappa shape index (κ2) is 8.86. The van der Waals surface area contributed by atoms with Crippen molar-refractivity contribution >= 4 is 16.9 Å². The van der Waals surface area contributed by atoms with Crippen LogP contribution in [-0.2, 0) is 13.0 Å². The number of benzene rings is 2. The zero-order valence-electron chi connectivity index (χ0n) is 17.2. The Morgan fingerprint density at radius 1 is 1.13 bits per heavy atom. The number of nitrogens with zero attached hydrogens (tertiary/aromatic N) is 1. The van der Waals surface area contributed by atoms with Gasteiger partial charge in [0.25, 0.3) is 5.91 Å². The summed E-state index contributed by atoms with van der Waals surface area (Å²) in [6.45, 7) is 4.88. The van der Waals surface area contributed by atoms with Gasteiger partial charge in [-0.2, -0.15) is 0 Å². The Bertz CT molecular complexity index is 1130. The number of aromatic amines is 1. The molecule has 0 saturated heterocycles. The number of imidazole rings is 1. The maximum absolute atomic E-state index is 12.3. The molecule has 0 fully saturated rings. The highest BCUT2D eigenvalue weighted by Crippen LogP contribution is 2.20. The maximum Gasteiger partial charge on any atom is 0.286 e. The van der Waals surface area contributed by atoms with Gasteiger partial charge in [-0.1, -0.05) is 29.8 Å². The van der Waals surface area contributed by atoms with Crippen LogP contribution < -0.4 is 10.1 Å². The number of amides is 1. The first-order chi connectivity index (χ1) is 14.6. The molecule has 0 aliphatic rings. The molecular formula is C24H25N3O3. The van der Waals surface area contributed by atoms with Gasteiger partial charge in [0.05, 0.1) is 11.0 Å². The van der Waals surface area contributed by atoms with Crippen LogP contribution in [0.5, 0.6) is 5.75 Å². The van der Waals surface area contributed by atoms with Crippen molar-refractivity contribution < 1.29 is 13.9 Å². The van der Waals surface area contributed by atoms with Crippen molar-refractivity contribution in [3.63, 3.8) is 0 Å². The highest BCUT2D eigenvalue weighted by atomic mass is 16.5. The van der Waals surface area contributed by atoms with Crippen molar-refractivity contribution in [3.05, 3.63) is 83.1 Å². The lowest BCUT2D eigenvalue weighted by Crippen LogP contribution is -2.24. The first-order valence-electron chi connectivity index (χ1n) is 10.1. The first kappa shape index (κ1) is 19.8. The summed E-state index contributed by atoms with van der Waals surface area (Å²) in [5.41, 5.74) is 4.26. The van der Waals surface area contributed by atoms with E-state index in [0.717, 1.165) is 41.0 Å². The van der Waals surface area contributed by atoms with E-state index in [-0.39, 0.29) is 18.3 Å². The molecule has 0 aliphatic carbocycles. The Morgan fingerprint density at radius 3 is 2.83 bits per heavy atom. The molecule has 6 heteroatoms. The zero-order chi connectivity index (χ0) is 20.9. The van der Waals surface area contributed by atoms with Gasteiger partial charge in [0.15, 0.2) is 5.76 Å². The Kier molecular flexibility index (Phi) is 5.84. The molecule has 0 atom stereocenters. The Hall–Kier alpha value is -3.54. The zero-order valence-corrected chi connectivity index (χ0v) is 17.2. The largest absolute Gasteiger partial charge is 0.485 e. The molecule has 30 heavy (non-hydrogen) atoms. The van der Waals surface area contributed by atoms with Gasteiger partial charge in [-0.3, -0.25) is 4.79 Å². The summed E-state index contributed by atoms with van der Waals surface area (Å²) in [7, 11) is 0. The van der Waals surface area contributed by atoms with Crippen molar-refractivity contribution in [1.29, 1.82) is 0 Å². The van der Waals surface area contributed by atoms with E-state index in [1.807, 2.05) is 50.2 Å². The van der Waals surface area contributed by atoms with E-state index in [2.05, 4.69) is 21.4 Å². The van der Waals surface area contributed by atoms with E-state index >= 15 is 0 Å². The molecular weight excluding hydrogens is 378 g/mol. The van der Waals surface area contributed by atoms with Crippen LogP contribution in [0.15, 0.2) is 59.0 Å². The van der Waals surface area contributed by atoms with Gasteiger partial charge in [0.1, 0.15) is 23.9 Å². The number of ether oxygens (including phenoxy) is 1. The molecule has 2 aromatic carbocycles. The van der Waals surface area contributed by atoms with Crippen LogP contribution in [0.4, 0.5) is 0 Å². The summed E-state index contributed by atoms with van der Waals surface area (Å²) >= 11 is 0. The van der Waals surface area contributed by atoms with Crippen LogP contribution in [0.3, 0.4) is 0 Å². The van der Waals surface area contributed by atoms with Gasteiger partial charge in [0, 0.05) is 13.0 Å². The summed E-state index contributed by atoms with van der Waals surface area (Å²) < 4.78 is 11.4. The number of hydrogen-bond donors (Lipinski definition) is 2. The predicted octanol–water partition coefficient (Wildman–Crippen LogP) is 4.71. The number of carbonyl (C=O) groups is 1. The van der Waals surface area contributed by atoms with Gasteiger partial charge < -0.3 is 19.5 Å². The van der Waals surface area contributed by atoms with E-state index in [0.29, 0.717) is 12.3 Å². The molecule has 2 aromatic heterocycles. The van der Waals surface area contributed by atoms with Crippen molar-refractivity contribution in [2.45, 2.75) is 33.3 Å². The number of aromatic nitrogens is 2. The smallest absolute Gasteiger partial charge is 0.286 e. The van der Waals surface area contributed by atoms with Gasteiger partial charge in [0.2, 0.25) is 0 Å². The van der Waals surface area contributed by atoms with Crippen molar-refractivity contribution in [3.8, 4) is 5.75 Å². The monoisotopic (exact) mass is 403 g/mol. The second-order valence-electron chi connectivity index (χ2n) is 7.38. The third kappa shape index (κ3) is 4.71. The molecule has 0 unspecified atom stereocenters. The van der Waals surface area contributed by atoms with Gasteiger partial charge >= 0.3 is 0 Å². The lowest BCUT2D eigenvalue weighted by Gasteiger charge is -2.08. The minimum atomic E-state index is -0.225. The van der Waals surface area contributed by atoms with Crippen molar-refractivity contribution in [2.75, 3.05) is 6.54 Å². The van der Waals surface area contributed by atoms with Crippen LogP contribution in [-0.4, -0.2) is 22.4 Å². The molecule has 154 valence electrons. The fraction of sp³-hybridized carbons (Fsp3) is 0.250. The molecule has 2 N–H and O–H groups in total. The van der Waals surface area contributed by atoms with Crippen LogP contribution in [0.1, 0.15) is 39.7 Å². The highest BCUT2D eigenvalue weighted by molar-refractivity contribution is 5.91. The standard InChI is InChI=1S/C24H25N3O3/c1-16-9-11-21(17(2)14-16)29-15-18-10-12-22(30-18)24(28)25-13-5-8-23-26-19-6-3-4-7-20(19)27-23/h3-4,6-7,9-12,14H,5,8,13,15H2,1-2H3,(H,25,28)(H,26,27). The fourth-order valence-corrected chi connectivity index (χ4v) is 3.36. The number of nitrogens with one attached hydrogen (secondary N) is 2. The average Bonchev–Trinajstić information content (AvgIpc) is 3.37. The number of furan rings is 1. The lowest BCUT2D eigenvalue weighted by molar-refractivity contribution is 0.0921. The number of fused-ring (bicyclic) bond motifs is 1. The highest BCUT2D eigenvalue weighted by Gasteiger charge is 2.12. The van der Waals surface area contributed by atoms with E-state index in [1.165, 1.54) is 5.56 Å². The predicted molar refractivity (Wildman–Crippen MR) is 116 cm³/mol. The summed E-state index contributed by atoms with van der Waals surface area (Å²) in [4.78, 5) is 20.2. The summed E-state index contributed by atoms with van der Waals surface area (Å²) in [6, 6.07) is 17.4. The summed E-state index contributed by atoms with van der Waals surface area (Å²) in [6.07, 6.45) is 1.55. The van der Waals surface area contributed by atoms with Crippen LogP contribution in [0.2, 0.25) is 0 Å². The number of aryl methyl sites for hydroxylation is 3. The van der Waals surface area contributed by atoms with E-state index in [9.17, 15) is 4.79 Å². The number of para-hydroxylation sites is 2. The van der Waals surface area contributed by atoms with Gasteiger partial charge in [-0.15, -0.1) is 0 Å². The molecule has 6 nitrogen and oxygen atoms in total. The Labute approximate surface area is 175 Å². The number of carbonyl (C=O) groups excluding carboxylic acids is 1. The quantitative estimate of drug-likeness (QED) is 0.417. The van der Waals surface area contributed by atoms with Gasteiger partial charge in [-0.25, -0.2) is 4.98 Å². The fourth-order valence-electron chi connectivity index (χ4n) is 3.36. The van der Waals surface area contributed by atoms with E-state index < -0.39 is 0 Å². The number of hydrogen-bond acceptors (Lipinski definition) is 4. The van der Waals surface area contributed by atoms with E-state index in [4.69, 9.17) is 9.15 Å². The van der Waals surface area contributed by atoms with Crippen molar-refractivity contribution in [1.82, 2.24) is 15.3 Å². The number of H-pyrrole nitrogens is 1. The molecule has 2 heterocycles. The normalized spacial score (nSPS) is 11.0. The molecule has 1 amide bonds. The Morgan fingerprint density at radius 2 is 2.00 bits per heavy atom. The minimum Gasteiger partial charge on any atom is -0.485 e. The van der Waals surface area contributed by atoms with E-state index in [1.54, 1.807) is 12.1 Å². The molecule has 0 saturated carbocycles. The van der Waals surface area contributed by atoms with Crippen molar-refractivity contribution in [2.24, 2.45) is 0 Å². The second-order valence-corrected chi connectivity index (χ2v) is 7.38. The molecule has 4 rings (SSSR count). The molecule has 4 aromatic rings. The Balaban J connectivity index is 1.23. The lowest BCUT2D eigenvalue weighted by atomic mass is 10.1. The average molecular weight is 403 g/mol. The maximum atomic E-state index is 12.3. The SMILES string of the molecule is Cc1ccc(OCc2ccc(C(=O)NCCCc3nc4ccccc4[nH]3)o2)c(C)c1. The molecule has 0 spiro atoms. The molecule has 0 radical (unpaired) electrons. The van der Waals surface area contributed by atoms with Gasteiger partial charge in [-0.05, 0) is 56.2 Å². The third-order valence-electron chi connectivity index (χ3n) is 4.90. The van der Waals surface area contributed by atoms with Crippen LogP contribution >= 0.6 is 0 Å². The topological polar surface area (TPSA) is 80.1 Å². The van der Waals surface area contributed by atoms with Crippen LogP contribution in [0, 0.1) is 13.8 Å². The number of rotatable bonds is 8.